The van der Waals surface area contributed by atoms with Crippen LogP contribution >= 0.6 is 11.3 Å². The molecule has 1 radical (unpaired) electrons. The van der Waals surface area contributed by atoms with E-state index in [0.717, 1.165) is 11.3 Å². The number of carbonyl (C=O) groups excluding carboxylic acids is 1. The molecule has 0 aliphatic carbocycles. The van der Waals surface area contributed by atoms with Gasteiger partial charge >= 0.3 is 0 Å². The zero-order valence-corrected chi connectivity index (χ0v) is 45.3. The predicted molar refractivity (Wildman–Crippen MR) is 269 cm³/mol. The van der Waals surface area contributed by atoms with E-state index in [0.29, 0.717) is 41.4 Å². The SMILES string of the molecule is CC(C)C(C(=O)/C=C(\O)C(C(C)C)C(C)C)C(C)C.Cc1c([Si](CC(C)C)(CC(C)C)CC(C)C)ccc2c1sc1c(-c3[c-]c4ccccc4c(C(C)(C)C)c3)nccc12.[Ir]. The van der Waals surface area contributed by atoms with Gasteiger partial charge in [-0.1, -0.05) is 182 Å². The summed E-state index contributed by atoms with van der Waals surface area (Å²) in [7, 11) is -1.72. The van der Waals surface area contributed by atoms with Gasteiger partial charge in [-0.3, -0.25) is 9.78 Å². The van der Waals surface area contributed by atoms with Crippen molar-refractivity contribution in [3.63, 3.8) is 0 Å². The van der Waals surface area contributed by atoms with Crippen molar-refractivity contribution >= 4 is 61.3 Å². The van der Waals surface area contributed by atoms with Crippen LogP contribution in [0.15, 0.2) is 66.6 Å². The Morgan fingerprint density at radius 1 is 0.721 bits per heavy atom. The van der Waals surface area contributed by atoms with Gasteiger partial charge in [-0.25, -0.2) is 0 Å². The fourth-order valence-electron chi connectivity index (χ4n) is 10.8. The number of ketones is 1. The Balaban J connectivity index is 0.000000422. The maximum Gasteiger partial charge on any atom is 0.162 e. The number of pyridine rings is 1. The van der Waals surface area contributed by atoms with Crippen molar-refractivity contribution in [3.05, 3.63) is 83.8 Å². The molecule has 5 aromatic rings. The van der Waals surface area contributed by atoms with E-state index in [1.165, 1.54) is 66.3 Å². The molecule has 0 aliphatic heterocycles. The van der Waals surface area contributed by atoms with Gasteiger partial charge in [-0.2, -0.15) is 0 Å². The molecule has 0 spiro atoms. The van der Waals surface area contributed by atoms with Gasteiger partial charge in [0.25, 0.3) is 0 Å². The number of hydrogen-bond donors (Lipinski definition) is 1. The van der Waals surface area contributed by atoms with Crippen LogP contribution < -0.4 is 5.19 Å². The number of rotatable bonds is 15. The molecule has 3 aromatic carbocycles. The first kappa shape index (κ1) is 52.7. The summed E-state index contributed by atoms with van der Waals surface area (Å²) in [6, 6.07) is 26.1. The topological polar surface area (TPSA) is 50.2 Å². The second kappa shape index (κ2) is 21.8. The third-order valence-electron chi connectivity index (χ3n) is 12.4. The molecule has 337 valence electrons. The molecule has 2 heterocycles. The van der Waals surface area contributed by atoms with Gasteiger partial charge < -0.3 is 5.11 Å². The van der Waals surface area contributed by atoms with Crippen LogP contribution in [0.2, 0.25) is 18.1 Å². The number of fused-ring (bicyclic) bond motifs is 4. The Bertz CT molecular complexity index is 2210. The fraction of sp³-hybridized carbons (Fsp3) is 0.564. The van der Waals surface area contributed by atoms with Crippen LogP contribution in [0.5, 0.6) is 0 Å². The van der Waals surface area contributed by atoms with E-state index in [4.69, 9.17) is 4.98 Å². The largest absolute Gasteiger partial charge is 0.512 e. The van der Waals surface area contributed by atoms with Crippen LogP contribution in [0, 0.1) is 66.3 Å². The molecule has 1 N–H and O–H groups in total. The first-order valence-corrected chi connectivity index (χ1v) is 26.5. The van der Waals surface area contributed by atoms with E-state index in [9.17, 15) is 9.90 Å². The summed E-state index contributed by atoms with van der Waals surface area (Å²) in [5.41, 5.74) is 5.08. The summed E-state index contributed by atoms with van der Waals surface area (Å²) in [6.07, 6.45) is 3.48. The number of nitrogens with zero attached hydrogens (tertiary/aromatic N) is 1. The molecule has 0 saturated heterocycles. The van der Waals surface area contributed by atoms with Gasteiger partial charge in [-0.15, -0.1) is 40.5 Å². The van der Waals surface area contributed by atoms with Crippen LogP contribution in [0.25, 0.3) is 42.2 Å². The summed E-state index contributed by atoms with van der Waals surface area (Å²) in [6.45, 7) is 40.5. The summed E-state index contributed by atoms with van der Waals surface area (Å²) in [5.74, 6) is 3.78. The van der Waals surface area contributed by atoms with Crippen molar-refractivity contribution in [1.29, 1.82) is 0 Å². The molecule has 61 heavy (non-hydrogen) atoms. The Morgan fingerprint density at radius 2 is 1.23 bits per heavy atom. The molecule has 0 amide bonds. The zero-order chi connectivity index (χ0) is 45.0. The van der Waals surface area contributed by atoms with Crippen molar-refractivity contribution < 1.29 is 30.0 Å². The van der Waals surface area contributed by atoms with Crippen LogP contribution in [-0.4, -0.2) is 23.9 Å². The normalized spacial score (nSPS) is 13.1. The summed E-state index contributed by atoms with van der Waals surface area (Å²) >= 11 is 1.96. The van der Waals surface area contributed by atoms with Gasteiger partial charge in [0.1, 0.15) is 0 Å². The number of aryl methyl sites for hydroxylation is 1. The number of aliphatic hydroxyl groups is 1. The first-order valence-electron chi connectivity index (χ1n) is 23.1. The summed E-state index contributed by atoms with van der Waals surface area (Å²) < 4.78 is 2.75. The second-order valence-electron chi connectivity index (χ2n) is 21.7. The van der Waals surface area contributed by atoms with Crippen molar-refractivity contribution in [2.75, 3.05) is 0 Å². The van der Waals surface area contributed by atoms with Crippen LogP contribution in [0.1, 0.15) is 129 Å². The van der Waals surface area contributed by atoms with Crippen molar-refractivity contribution in [1.82, 2.24) is 4.98 Å². The fourth-order valence-corrected chi connectivity index (χ4v) is 19.4. The first-order chi connectivity index (χ1) is 27.9. The van der Waals surface area contributed by atoms with Gasteiger partial charge in [0.15, 0.2) is 5.78 Å². The average Bonchev–Trinajstić information content (AvgIpc) is 3.49. The average molecular weight is 1040 g/mol. The van der Waals surface area contributed by atoms with E-state index in [1.54, 1.807) is 5.19 Å². The molecule has 0 aliphatic rings. The molecular formula is C55H80IrNO2SSi-. The van der Waals surface area contributed by atoms with E-state index in [2.05, 4.69) is 179 Å². The van der Waals surface area contributed by atoms with Crippen molar-refractivity contribution in [2.45, 2.75) is 148 Å². The Labute approximate surface area is 390 Å². The van der Waals surface area contributed by atoms with E-state index in [-0.39, 0.29) is 48.9 Å². The number of aromatic nitrogens is 1. The molecule has 0 unspecified atom stereocenters. The number of allylic oxidation sites excluding steroid dienone is 2. The Hall–Kier alpha value is -2.63. The molecule has 0 atom stereocenters. The minimum atomic E-state index is -1.72. The van der Waals surface area contributed by atoms with Gasteiger partial charge in [-0.05, 0) is 70.8 Å². The molecule has 0 saturated carbocycles. The number of thiophene rings is 1. The Kier molecular flexibility index (Phi) is 18.9. The molecule has 0 fully saturated rings. The monoisotopic (exact) mass is 1040 g/mol. The number of carbonyl (C=O) groups is 1. The van der Waals surface area contributed by atoms with Gasteiger partial charge in [0.2, 0.25) is 0 Å². The predicted octanol–water partition coefficient (Wildman–Crippen LogP) is 16.2. The van der Waals surface area contributed by atoms with E-state index >= 15 is 0 Å². The minimum absolute atomic E-state index is 0. The summed E-state index contributed by atoms with van der Waals surface area (Å²) in [4.78, 5) is 17.4. The molecule has 0 bridgehead atoms. The molecule has 3 nitrogen and oxygen atoms in total. The van der Waals surface area contributed by atoms with Crippen LogP contribution in [0.4, 0.5) is 0 Å². The standard InChI is InChI=1S/C38H48NSSi.C17H32O2.Ir/c1-24(2)21-41(22-25(3)4,23-26(5)6)34-16-15-31-32-17-18-39-35(37(32)40-36(31)27(34)7)29-19-28-13-11-12-14-30(28)33(20-29)38(8,9)10;1-10(2)16(11(3)4)14(18)9-15(19)17(12(5)6)13(7)8;/h11-18,20,24-26H,21-23H2,1-10H3;9-13,16-18H,1-8H3;/q-1;;/b;14-9-;. The minimum Gasteiger partial charge on any atom is -0.512 e. The number of benzene rings is 3. The van der Waals surface area contributed by atoms with E-state index in [1.807, 2.05) is 17.5 Å². The molecule has 2 aromatic heterocycles. The van der Waals surface area contributed by atoms with Crippen molar-refractivity contribution in [3.8, 4) is 11.3 Å². The summed E-state index contributed by atoms with van der Waals surface area (Å²) in [5, 5.41) is 17.1. The number of hydrogen-bond acceptors (Lipinski definition) is 4. The van der Waals surface area contributed by atoms with E-state index < -0.39 is 8.07 Å². The Morgan fingerprint density at radius 3 is 1.72 bits per heavy atom. The van der Waals surface area contributed by atoms with Crippen LogP contribution in [0.3, 0.4) is 0 Å². The third-order valence-corrected chi connectivity index (χ3v) is 20.3. The molecular weight excluding hydrogens is 959 g/mol. The second-order valence-corrected chi connectivity index (χ2v) is 27.1. The van der Waals surface area contributed by atoms with Crippen molar-refractivity contribution in [2.24, 2.45) is 53.3 Å². The molecule has 5 rings (SSSR count). The number of aliphatic hydroxyl groups excluding tert-OH is 1. The smallest absolute Gasteiger partial charge is 0.162 e. The maximum absolute atomic E-state index is 12.3. The quantitative estimate of drug-likeness (QED) is 0.0492. The molecule has 6 heteroatoms. The third kappa shape index (κ3) is 12.6. The van der Waals surface area contributed by atoms with Gasteiger partial charge in [0, 0.05) is 64.7 Å². The maximum atomic E-state index is 12.3. The zero-order valence-electron chi connectivity index (χ0n) is 41.1. The van der Waals surface area contributed by atoms with Gasteiger partial charge in [0.05, 0.1) is 13.8 Å². The van der Waals surface area contributed by atoms with Crippen LogP contribution in [-0.2, 0) is 30.3 Å².